The van der Waals surface area contributed by atoms with Crippen LogP contribution in [-0.4, -0.2) is 75.1 Å². The summed E-state index contributed by atoms with van der Waals surface area (Å²) < 4.78 is 10.7. The van der Waals surface area contributed by atoms with Gasteiger partial charge in [-0.05, 0) is 17.7 Å². The quantitative estimate of drug-likeness (QED) is 0.181. The Morgan fingerprint density at radius 3 is 1.88 bits per heavy atom. The Kier molecular flexibility index (Phi) is 13.7. The van der Waals surface area contributed by atoms with E-state index < -0.39 is 66.9 Å². The Morgan fingerprint density at radius 1 is 0.941 bits per heavy atom. The summed E-state index contributed by atoms with van der Waals surface area (Å²) in [6.45, 7) is 1.88. The van der Waals surface area contributed by atoms with Crippen molar-refractivity contribution in [3.05, 3.63) is 46.3 Å². The van der Waals surface area contributed by atoms with Gasteiger partial charge in [0.1, 0.15) is 12.7 Å². The number of carboxylic acid groups (broad SMARTS) is 4. The predicted molar refractivity (Wildman–Crippen MR) is 113 cm³/mol. The summed E-state index contributed by atoms with van der Waals surface area (Å²) >= 11 is 0. The van der Waals surface area contributed by atoms with Crippen LogP contribution in [0.3, 0.4) is 0 Å². The molecule has 1 aliphatic heterocycles. The van der Waals surface area contributed by atoms with Crippen LogP contribution in [0.5, 0.6) is 0 Å². The smallest absolute Gasteiger partial charge is 0.338 e. The van der Waals surface area contributed by atoms with Gasteiger partial charge in [-0.15, -0.1) is 0 Å². The lowest BCUT2D eigenvalue weighted by Crippen LogP contribution is -2.31. The molecule has 1 heterocycles. The average Bonchev–Trinajstić information content (AvgIpc) is 3.01. The summed E-state index contributed by atoms with van der Waals surface area (Å²) in [5, 5.41) is 36.4. The summed E-state index contributed by atoms with van der Waals surface area (Å²) in [7, 11) is 0. The molecule has 14 nitrogen and oxygen atoms in total. The largest absolute Gasteiger partial charge is 0.481 e. The number of carboxylic acids is 4. The number of esters is 1. The standard InChI is InChI=1S/C16H17N3O7.2C2H4O2/c17-19-18-15-10(6-13(20)21)11(7-14(22)23)26-12(15)8-25-16(24)9-4-2-1-3-5-9;2*1-2(3)4/h1-5,10-12,15H,6-8H2,(H,20,21)(H,22,23);2*1H3,(H,3,4)/t10-,11?,12+,15+;;/m0../s1. The van der Waals surface area contributed by atoms with Crippen molar-refractivity contribution in [2.75, 3.05) is 6.61 Å². The number of azide groups is 1. The fraction of sp³-hybridized carbons (Fsp3) is 0.450. The Labute approximate surface area is 193 Å². The molecule has 0 amide bonds. The van der Waals surface area contributed by atoms with E-state index in [2.05, 4.69) is 10.0 Å². The van der Waals surface area contributed by atoms with Gasteiger partial charge in [-0.25, -0.2) is 4.79 Å². The highest BCUT2D eigenvalue weighted by atomic mass is 16.6. The molecule has 1 saturated heterocycles. The van der Waals surface area contributed by atoms with Crippen molar-refractivity contribution in [1.29, 1.82) is 0 Å². The second-order valence-corrected chi connectivity index (χ2v) is 6.77. The summed E-state index contributed by atoms with van der Waals surface area (Å²) in [4.78, 5) is 54.8. The van der Waals surface area contributed by atoms with Gasteiger partial charge in [0.05, 0.1) is 30.6 Å². The van der Waals surface area contributed by atoms with Crippen molar-refractivity contribution >= 4 is 29.8 Å². The van der Waals surface area contributed by atoms with Gasteiger partial charge in [-0.1, -0.05) is 23.3 Å². The van der Waals surface area contributed by atoms with Crippen LogP contribution in [0.1, 0.15) is 37.0 Å². The number of nitrogens with zero attached hydrogens (tertiary/aromatic N) is 3. The molecule has 34 heavy (non-hydrogen) atoms. The molecular formula is C20H25N3O11. The van der Waals surface area contributed by atoms with Crippen LogP contribution in [-0.2, 0) is 28.7 Å². The normalized spacial score (nSPS) is 20.2. The van der Waals surface area contributed by atoms with Crippen LogP contribution >= 0.6 is 0 Å². The topological polar surface area (TPSA) is 233 Å². The van der Waals surface area contributed by atoms with Gasteiger partial charge >= 0.3 is 17.9 Å². The second kappa shape index (κ2) is 15.6. The van der Waals surface area contributed by atoms with Gasteiger partial charge < -0.3 is 29.9 Å². The average molecular weight is 483 g/mol. The molecule has 14 heteroatoms. The fourth-order valence-corrected chi connectivity index (χ4v) is 2.90. The van der Waals surface area contributed by atoms with Crippen molar-refractivity contribution in [3.63, 3.8) is 0 Å². The van der Waals surface area contributed by atoms with Gasteiger partial charge in [-0.3, -0.25) is 19.2 Å². The van der Waals surface area contributed by atoms with E-state index in [-0.39, 0.29) is 6.61 Å². The molecule has 1 fully saturated rings. The lowest BCUT2D eigenvalue weighted by Gasteiger charge is -2.17. The minimum atomic E-state index is -1.17. The molecule has 1 aromatic carbocycles. The molecule has 0 radical (unpaired) electrons. The monoisotopic (exact) mass is 483 g/mol. The zero-order chi connectivity index (χ0) is 26.3. The summed E-state index contributed by atoms with van der Waals surface area (Å²) in [6, 6.07) is 7.23. The Hall–Kier alpha value is -4.16. The number of hydrogen-bond donors (Lipinski definition) is 4. The molecule has 0 bridgehead atoms. The van der Waals surface area contributed by atoms with E-state index >= 15 is 0 Å². The van der Waals surface area contributed by atoms with Crippen molar-refractivity contribution in [2.24, 2.45) is 11.0 Å². The number of ether oxygens (including phenoxy) is 2. The maximum absolute atomic E-state index is 12.0. The molecule has 1 unspecified atom stereocenters. The summed E-state index contributed by atoms with van der Waals surface area (Å²) in [5.74, 6) is -5.47. The first kappa shape index (κ1) is 29.8. The van der Waals surface area contributed by atoms with Crippen LogP contribution in [0.2, 0.25) is 0 Å². The van der Waals surface area contributed by atoms with Gasteiger partial charge in [0, 0.05) is 24.7 Å². The highest BCUT2D eigenvalue weighted by Crippen LogP contribution is 2.34. The molecule has 4 N–H and O–H groups in total. The van der Waals surface area contributed by atoms with Gasteiger partial charge in [0.2, 0.25) is 0 Å². The van der Waals surface area contributed by atoms with E-state index in [0.29, 0.717) is 5.56 Å². The minimum absolute atomic E-state index is 0.288. The minimum Gasteiger partial charge on any atom is -0.481 e. The lowest BCUT2D eigenvalue weighted by atomic mass is 9.89. The third-order valence-corrected chi connectivity index (χ3v) is 4.01. The van der Waals surface area contributed by atoms with Crippen LogP contribution in [0.4, 0.5) is 0 Å². The SMILES string of the molecule is CC(=O)O.CC(=O)O.[N-]=[N+]=N[C@H]1[C@@H](COC(=O)c2ccccc2)OC(CC(=O)O)[C@@H]1CC(=O)O. The van der Waals surface area contributed by atoms with Gasteiger partial charge in [0.15, 0.2) is 0 Å². The zero-order valence-electron chi connectivity index (χ0n) is 18.3. The van der Waals surface area contributed by atoms with E-state index in [9.17, 15) is 14.4 Å². The molecule has 0 saturated carbocycles. The maximum atomic E-state index is 12.0. The van der Waals surface area contributed by atoms with E-state index in [1.165, 1.54) is 0 Å². The van der Waals surface area contributed by atoms with E-state index in [1.54, 1.807) is 30.3 Å². The predicted octanol–water partition coefficient (Wildman–Crippen LogP) is 2.04. The summed E-state index contributed by atoms with van der Waals surface area (Å²) in [6.07, 6.45) is -2.75. The van der Waals surface area contributed by atoms with Crippen molar-refractivity contribution in [3.8, 4) is 0 Å². The number of aliphatic carboxylic acids is 4. The Balaban J connectivity index is 0.00000118. The molecule has 186 valence electrons. The number of carbonyl (C=O) groups excluding carboxylic acids is 1. The first-order chi connectivity index (χ1) is 15.9. The third kappa shape index (κ3) is 12.6. The Bertz CT molecular complexity index is 880. The van der Waals surface area contributed by atoms with Crippen molar-refractivity contribution < 1.29 is 53.9 Å². The van der Waals surface area contributed by atoms with E-state index in [1.807, 2.05) is 0 Å². The highest BCUT2D eigenvalue weighted by molar-refractivity contribution is 5.89. The van der Waals surface area contributed by atoms with Gasteiger partial charge in [-0.2, -0.15) is 0 Å². The van der Waals surface area contributed by atoms with Crippen LogP contribution in [0, 0.1) is 5.92 Å². The molecule has 1 aromatic rings. The Morgan fingerprint density at radius 2 is 1.44 bits per heavy atom. The molecular weight excluding hydrogens is 458 g/mol. The highest BCUT2D eigenvalue weighted by Gasteiger charge is 2.46. The maximum Gasteiger partial charge on any atom is 0.338 e. The third-order valence-electron chi connectivity index (χ3n) is 4.01. The van der Waals surface area contributed by atoms with Crippen molar-refractivity contribution in [2.45, 2.75) is 44.9 Å². The molecule has 1 aliphatic rings. The number of rotatable bonds is 8. The van der Waals surface area contributed by atoms with Crippen LogP contribution < -0.4 is 0 Å². The fourth-order valence-electron chi connectivity index (χ4n) is 2.90. The first-order valence-electron chi connectivity index (χ1n) is 9.63. The van der Waals surface area contributed by atoms with Crippen molar-refractivity contribution in [1.82, 2.24) is 0 Å². The summed E-state index contributed by atoms with van der Waals surface area (Å²) in [5.41, 5.74) is 9.07. The van der Waals surface area contributed by atoms with E-state index in [4.69, 9.17) is 45.0 Å². The molecule has 4 atom stereocenters. The van der Waals surface area contributed by atoms with Crippen LogP contribution in [0.25, 0.3) is 10.4 Å². The lowest BCUT2D eigenvalue weighted by molar-refractivity contribution is -0.143. The molecule has 0 spiro atoms. The molecule has 0 aliphatic carbocycles. The zero-order valence-corrected chi connectivity index (χ0v) is 18.3. The second-order valence-electron chi connectivity index (χ2n) is 6.77. The van der Waals surface area contributed by atoms with Crippen LogP contribution in [0.15, 0.2) is 35.4 Å². The first-order valence-corrected chi connectivity index (χ1v) is 9.63. The van der Waals surface area contributed by atoms with Gasteiger partial charge in [0.25, 0.3) is 11.9 Å². The van der Waals surface area contributed by atoms with E-state index in [0.717, 1.165) is 13.8 Å². The number of benzene rings is 1. The number of carbonyl (C=O) groups is 5. The molecule has 2 rings (SSSR count). The molecule has 0 aromatic heterocycles. The number of hydrogen-bond acceptors (Lipinski definition) is 8.